The van der Waals surface area contributed by atoms with E-state index in [2.05, 4.69) is 49.2 Å². The summed E-state index contributed by atoms with van der Waals surface area (Å²) in [7, 11) is 2.17. The molecule has 2 heteroatoms. The molecule has 1 aromatic rings. The first-order valence-electron chi connectivity index (χ1n) is 5.68. The summed E-state index contributed by atoms with van der Waals surface area (Å²) in [6.45, 7) is 4.08. The first kappa shape index (κ1) is 12.2. The minimum absolute atomic E-state index is 0.605. The maximum absolute atomic E-state index is 5.51. The zero-order valence-corrected chi connectivity index (χ0v) is 9.82. The molecule has 0 bridgehead atoms. The van der Waals surface area contributed by atoms with Crippen molar-refractivity contribution in [2.75, 3.05) is 13.6 Å². The van der Waals surface area contributed by atoms with E-state index < -0.39 is 0 Å². The van der Waals surface area contributed by atoms with Gasteiger partial charge in [0.05, 0.1) is 0 Å². The monoisotopic (exact) mass is 206 g/mol. The first-order valence-corrected chi connectivity index (χ1v) is 5.68. The fraction of sp³-hybridized carbons (Fsp3) is 0.538. The van der Waals surface area contributed by atoms with Crippen LogP contribution in [0.4, 0.5) is 0 Å². The lowest BCUT2D eigenvalue weighted by atomic mass is 10.1. The summed E-state index contributed by atoms with van der Waals surface area (Å²) >= 11 is 0. The Morgan fingerprint density at radius 1 is 1.27 bits per heavy atom. The SMILES string of the molecule is CC(CCCN)N(C)Cc1ccccc1. The van der Waals surface area contributed by atoms with Crippen molar-refractivity contribution in [3.8, 4) is 0 Å². The van der Waals surface area contributed by atoms with Crippen LogP contribution in [0.25, 0.3) is 0 Å². The van der Waals surface area contributed by atoms with Crippen molar-refractivity contribution >= 4 is 0 Å². The lowest BCUT2D eigenvalue weighted by Crippen LogP contribution is -2.29. The number of nitrogens with two attached hydrogens (primary N) is 1. The van der Waals surface area contributed by atoms with Gasteiger partial charge in [-0.25, -0.2) is 0 Å². The van der Waals surface area contributed by atoms with Crippen molar-refractivity contribution in [2.24, 2.45) is 5.73 Å². The largest absolute Gasteiger partial charge is 0.330 e. The van der Waals surface area contributed by atoms with Crippen molar-refractivity contribution in [1.82, 2.24) is 4.90 Å². The fourth-order valence-corrected chi connectivity index (χ4v) is 1.66. The number of benzene rings is 1. The lowest BCUT2D eigenvalue weighted by molar-refractivity contribution is 0.235. The van der Waals surface area contributed by atoms with Gasteiger partial charge < -0.3 is 5.73 Å². The Morgan fingerprint density at radius 2 is 1.93 bits per heavy atom. The molecule has 1 aromatic carbocycles. The van der Waals surface area contributed by atoms with Crippen molar-refractivity contribution < 1.29 is 0 Å². The highest BCUT2D eigenvalue weighted by atomic mass is 15.1. The molecule has 1 unspecified atom stereocenters. The van der Waals surface area contributed by atoms with Crippen LogP contribution in [-0.2, 0) is 6.54 Å². The third-order valence-corrected chi connectivity index (χ3v) is 2.85. The molecule has 0 heterocycles. The van der Waals surface area contributed by atoms with Gasteiger partial charge >= 0.3 is 0 Å². The first-order chi connectivity index (χ1) is 7.24. The van der Waals surface area contributed by atoms with Crippen molar-refractivity contribution in [2.45, 2.75) is 32.4 Å². The Hall–Kier alpha value is -0.860. The Kier molecular flexibility index (Phi) is 5.37. The Bertz CT molecular complexity index is 258. The van der Waals surface area contributed by atoms with Crippen LogP contribution in [0.2, 0.25) is 0 Å². The third kappa shape index (κ3) is 4.45. The molecule has 0 aliphatic rings. The highest BCUT2D eigenvalue weighted by Gasteiger charge is 2.08. The summed E-state index contributed by atoms with van der Waals surface area (Å²) in [6, 6.07) is 11.2. The maximum atomic E-state index is 5.51. The van der Waals surface area contributed by atoms with Gasteiger partial charge in [-0.05, 0) is 38.9 Å². The van der Waals surface area contributed by atoms with Gasteiger partial charge in [-0.1, -0.05) is 30.3 Å². The van der Waals surface area contributed by atoms with E-state index in [9.17, 15) is 0 Å². The predicted molar refractivity (Wildman–Crippen MR) is 65.7 cm³/mol. The van der Waals surface area contributed by atoms with E-state index in [-0.39, 0.29) is 0 Å². The Balaban J connectivity index is 2.38. The number of nitrogens with zero attached hydrogens (tertiary/aromatic N) is 1. The molecule has 0 amide bonds. The molecule has 0 fully saturated rings. The predicted octanol–water partition coefficient (Wildman–Crippen LogP) is 2.25. The summed E-state index contributed by atoms with van der Waals surface area (Å²) in [6.07, 6.45) is 2.29. The summed E-state index contributed by atoms with van der Waals surface area (Å²) in [5.41, 5.74) is 6.89. The van der Waals surface area contributed by atoms with Crippen molar-refractivity contribution in [1.29, 1.82) is 0 Å². The van der Waals surface area contributed by atoms with Crippen LogP contribution in [0.15, 0.2) is 30.3 Å². The van der Waals surface area contributed by atoms with Crippen molar-refractivity contribution in [3.05, 3.63) is 35.9 Å². The summed E-state index contributed by atoms with van der Waals surface area (Å²) in [5.74, 6) is 0. The van der Waals surface area contributed by atoms with Crippen LogP contribution < -0.4 is 5.73 Å². The van der Waals surface area contributed by atoms with Crippen LogP contribution in [0.5, 0.6) is 0 Å². The average Bonchev–Trinajstić information content (AvgIpc) is 2.27. The highest BCUT2D eigenvalue weighted by Crippen LogP contribution is 2.09. The van der Waals surface area contributed by atoms with Gasteiger partial charge in [-0.3, -0.25) is 4.90 Å². The topological polar surface area (TPSA) is 29.3 Å². The average molecular weight is 206 g/mol. The van der Waals surface area contributed by atoms with Gasteiger partial charge in [0.15, 0.2) is 0 Å². The molecular formula is C13H22N2. The minimum atomic E-state index is 0.605. The smallest absolute Gasteiger partial charge is 0.0233 e. The molecule has 0 aromatic heterocycles. The molecule has 2 N–H and O–H groups in total. The van der Waals surface area contributed by atoms with Gasteiger partial charge in [-0.15, -0.1) is 0 Å². The second-order valence-corrected chi connectivity index (χ2v) is 4.18. The van der Waals surface area contributed by atoms with Crippen LogP contribution in [0.1, 0.15) is 25.3 Å². The van der Waals surface area contributed by atoms with E-state index in [4.69, 9.17) is 5.73 Å². The molecule has 0 aliphatic carbocycles. The molecule has 0 radical (unpaired) electrons. The standard InChI is InChI=1S/C13H22N2/c1-12(7-6-10-14)15(2)11-13-8-4-3-5-9-13/h3-5,8-9,12H,6-7,10-11,14H2,1-2H3. The molecule has 0 aliphatic heterocycles. The second-order valence-electron chi connectivity index (χ2n) is 4.18. The highest BCUT2D eigenvalue weighted by molar-refractivity contribution is 5.14. The van der Waals surface area contributed by atoms with E-state index in [0.717, 1.165) is 19.5 Å². The van der Waals surface area contributed by atoms with E-state index in [1.165, 1.54) is 12.0 Å². The zero-order chi connectivity index (χ0) is 11.1. The Morgan fingerprint density at radius 3 is 2.53 bits per heavy atom. The molecule has 0 saturated carbocycles. The van der Waals surface area contributed by atoms with Crippen molar-refractivity contribution in [3.63, 3.8) is 0 Å². The Labute approximate surface area is 93.1 Å². The number of hydrogen-bond donors (Lipinski definition) is 1. The van der Waals surface area contributed by atoms with E-state index in [0.29, 0.717) is 6.04 Å². The molecule has 15 heavy (non-hydrogen) atoms. The molecule has 2 nitrogen and oxygen atoms in total. The fourth-order valence-electron chi connectivity index (χ4n) is 1.66. The molecule has 0 spiro atoms. The molecule has 84 valence electrons. The quantitative estimate of drug-likeness (QED) is 0.773. The van der Waals surface area contributed by atoms with Crippen LogP contribution in [-0.4, -0.2) is 24.5 Å². The molecular weight excluding hydrogens is 184 g/mol. The molecule has 1 atom stereocenters. The minimum Gasteiger partial charge on any atom is -0.330 e. The van der Waals surface area contributed by atoms with Gasteiger partial charge in [0.25, 0.3) is 0 Å². The summed E-state index contributed by atoms with van der Waals surface area (Å²) in [5, 5.41) is 0. The van der Waals surface area contributed by atoms with Crippen LogP contribution >= 0.6 is 0 Å². The van der Waals surface area contributed by atoms with Gasteiger partial charge in [0.1, 0.15) is 0 Å². The zero-order valence-electron chi connectivity index (χ0n) is 9.82. The van der Waals surface area contributed by atoms with Gasteiger partial charge in [-0.2, -0.15) is 0 Å². The summed E-state index contributed by atoms with van der Waals surface area (Å²) < 4.78 is 0. The van der Waals surface area contributed by atoms with Gasteiger partial charge in [0.2, 0.25) is 0 Å². The number of hydrogen-bond acceptors (Lipinski definition) is 2. The van der Waals surface area contributed by atoms with Crippen LogP contribution in [0, 0.1) is 0 Å². The maximum Gasteiger partial charge on any atom is 0.0233 e. The normalized spacial score (nSPS) is 13.1. The van der Waals surface area contributed by atoms with E-state index in [1.54, 1.807) is 0 Å². The van der Waals surface area contributed by atoms with Gasteiger partial charge in [0, 0.05) is 12.6 Å². The lowest BCUT2D eigenvalue weighted by Gasteiger charge is -2.24. The summed E-state index contributed by atoms with van der Waals surface area (Å²) in [4.78, 5) is 2.38. The third-order valence-electron chi connectivity index (χ3n) is 2.85. The molecule has 1 rings (SSSR count). The molecule has 0 saturated heterocycles. The number of rotatable bonds is 6. The van der Waals surface area contributed by atoms with Crippen LogP contribution in [0.3, 0.4) is 0 Å². The van der Waals surface area contributed by atoms with E-state index in [1.807, 2.05) is 0 Å². The van der Waals surface area contributed by atoms with E-state index >= 15 is 0 Å². The second kappa shape index (κ2) is 6.59.